The summed E-state index contributed by atoms with van der Waals surface area (Å²) in [5.74, 6) is -0.887. The van der Waals surface area contributed by atoms with Crippen molar-refractivity contribution >= 4 is 21.7 Å². The Kier molecular flexibility index (Phi) is 4.85. The van der Waals surface area contributed by atoms with Crippen LogP contribution in [0.1, 0.15) is 22.3 Å². The molecule has 7 heteroatoms. The van der Waals surface area contributed by atoms with Crippen molar-refractivity contribution in [3.8, 4) is 0 Å². The van der Waals surface area contributed by atoms with E-state index in [1.165, 1.54) is 11.9 Å². The molecule has 6 nitrogen and oxygen atoms in total. The van der Waals surface area contributed by atoms with Gasteiger partial charge in [0, 0.05) is 13.1 Å². The van der Waals surface area contributed by atoms with Crippen LogP contribution >= 0.6 is 0 Å². The van der Waals surface area contributed by atoms with Crippen molar-refractivity contribution in [2.45, 2.75) is 19.4 Å². The van der Waals surface area contributed by atoms with Crippen molar-refractivity contribution in [1.29, 1.82) is 0 Å². The van der Waals surface area contributed by atoms with Gasteiger partial charge in [-0.25, -0.2) is 13.2 Å². The van der Waals surface area contributed by atoms with E-state index in [2.05, 4.69) is 0 Å². The van der Waals surface area contributed by atoms with Crippen LogP contribution in [-0.4, -0.2) is 56.4 Å². The van der Waals surface area contributed by atoms with Crippen molar-refractivity contribution in [1.82, 2.24) is 4.90 Å². The number of sulfone groups is 1. The van der Waals surface area contributed by atoms with Crippen LogP contribution < -0.4 is 0 Å². The molecule has 1 saturated heterocycles. The minimum atomic E-state index is -3.06. The predicted octanol–water partition coefficient (Wildman–Crippen LogP) is 0.797. The molecule has 0 unspecified atom stereocenters. The molecule has 0 radical (unpaired) electrons. The van der Waals surface area contributed by atoms with Gasteiger partial charge in [0.15, 0.2) is 16.4 Å². The molecule has 0 aromatic heterocycles. The highest BCUT2D eigenvalue weighted by molar-refractivity contribution is 7.91. The van der Waals surface area contributed by atoms with Crippen LogP contribution in [0.15, 0.2) is 24.3 Å². The second kappa shape index (κ2) is 6.48. The summed E-state index contributed by atoms with van der Waals surface area (Å²) in [6.45, 7) is 1.40. The monoisotopic (exact) mass is 325 g/mol. The Morgan fingerprint density at radius 3 is 2.59 bits per heavy atom. The standard InChI is InChI=1S/C15H19NO5S/c1-11-5-3-4-6-13(11)15(18)21-9-14(17)16(2)12-7-8-22(19,20)10-12/h3-6,12H,7-10H2,1-2H3/t12-/m0/s1. The number of rotatable bonds is 4. The lowest BCUT2D eigenvalue weighted by Gasteiger charge is -2.23. The van der Waals surface area contributed by atoms with Gasteiger partial charge < -0.3 is 9.64 Å². The van der Waals surface area contributed by atoms with Gasteiger partial charge in [-0.3, -0.25) is 4.79 Å². The Hall–Kier alpha value is -1.89. The molecule has 1 fully saturated rings. The van der Waals surface area contributed by atoms with Gasteiger partial charge in [0.2, 0.25) is 0 Å². The Morgan fingerprint density at radius 2 is 2.00 bits per heavy atom. The predicted molar refractivity (Wildman–Crippen MR) is 81.3 cm³/mol. The number of carbonyl (C=O) groups excluding carboxylic acids is 2. The molecule has 0 bridgehead atoms. The summed E-state index contributed by atoms with van der Waals surface area (Å²) in [5.41, 5.74) is 1.19. The lowest BCUT2D eigenvalue weighted by molar-refractivity contribution is -0.134. The van der Waals surface area contributed by atoms with Gasteiger partial charge in [-0.1, -0.05) is 18.2 Å². The third kappa shape index (κ3) is 3.85. The zero-order chi connectivity index (χ0) is 16.3. The molecule has 1 heterocycles. The first-order valence-electron chi connectivity index (χ1n) is 6.99. The van der Waals surface area contributed by atoms with Crippen molar-refractivity contribution in [2.75, 3.05) is 25.2 Å². The van der Waals surface area contributed by atoms with E-state index in [0.29, 0.717) is 12.0 Å². The average molecular weight is 325 g/mol. The van der Waals surface area contributed by atoms with Gasteiger partial charge >= 0.3 is 5.97 Å². The lowest BCUT2D eigenvalue weighted by atomic mass is 10.1. The van der Waals surface area contributed by atoms with E-state index in [4.69, 9.17) is 4.74 Å². The minimum absolute atomic E-state index is 0.0268. The number of esters is 1. The van der Waals surface area contributed by atoms with Crippen LogP contribution in [-0.2, 0) is 19.4 Å². The van der Waals surface area contributed by atoms with Crippen molar-refractivity contribution in [2.24, 2.45) is 0 Å². The fourth-order valence-corrected chi connectivity index (χ4v) is 4.17. The van der Waals surface area contributed by atoms with Gasteiger partial charge in [0.05, 0.1) is 17.1 Å². The maximum Gasteiger partial charge on any atom is 0.338 e. The molecule has 1 aliphatic heterocycles. The van der Waals surface area contributed by atoms with E-state index in [0.717, 1.165) is 5.56 Å². The number of nitrogens with zero attached hydrogens (tertiary/aromatic N) is 1. The third-order valence-corrected chi connectivity index (χ3v) is 5.59. The van der Waals surface area contributed by atoms with Gasteiger partial charge in [0.25, 0.3) is 5.91 Å². The van der Waals surface area contributed by atoms with E-state index in [9.17, 15) is 18.0 Å². The molecule has 2 rings (SSSR count). The highest BCUT2D eigenvalue weighted by Gasteiger charge is 2.32. The van der Waals surface area contributed by atoms with E-state index in [1.54, 1.807) is 25.1 Å². The SMILES string of the molecule is Cc1ccccc1C(=O)OCC(=O)N(C)[C@H]1CCS(=O)(=O)C1. The molecule has 0 spiro atoms. The Balaban J connectivity index is 1.90. The normalized spacial score (nSPS) is 19.6. The number of hydrogen-bond donors (Lipinski definition) is 0. The van der Waals surface area contributed by atoms with Gasteiger partial charge in [0.1, 0.15) is 0 Å². The topological polar surface area (TPSA) is 80.8 Å². The highest BCUT2D eigenvalue weighted by atomic mass is 32.2. The largest absolute Gasteiger partial charge is 0.452 e. The third-order valence-electron chi connectivity index (χ3n) is 3.84. The number of aryl methyl sites for hydroxylation is 1. The number of amides is 1. The summed E-state index contributed by atoms with van der Waals surface area (Å²) >= 11 is 0. The summed E-state index contributed by atoms with van der Waals surface area (Å²) in [6, 6.07) is 6.62. The smallest absolute Gasteiger partial charge is 0.338 e. The number of ether oxygens (including phenoxy) is 1. The first-order valence-corrected chi connectivity index (χ1v) is 8.81. The molecule has 22 heavy (non-hydrogen) atoms. The summed E-state index contributed by atoms with van der Waals surface area (Å²) < 4.78 is 27.9. The molecule has 1 aromatic carbocycles. The molecule has 1 atom stereocenters. The second-order valence-electron chi connectivity index (χ2n) is 5.45. The quantitative estimate of drug-likeness (QED) is 0.765. The zero-order valence-corrected chi connectivity index (χ0v) is 13.4. The van der Waals surface area contributed by atoms with Crippen LogP contribution in [0.5, 0.6) is 0 Å². The average Bonchev–Trinajstić information content (AvgIpc) is 2.84. The molecule has 0 aliphatic carbocycles. The molecule has 0 saturated carbocycles. The van der Waals surface area contributed by atoms with E-state index < -0.39 is 21.7 Å². The number of likely N-dealkylation sites (N-methyl/N-ethyl adjacent to an activating group) is 1. The highest BCUT2D eigenvalue weighted by Crippen LogP contribution is 2.16. The fraction of sp³-hybridized carbons (Fsp3) is 0.467. The molecule has 120 valence electrons. The van der Waals surface area contributed by atoms with Crippen LogP contribution in [0, 0.1) is 6.92 Å². The summed E-state index contributed by atoms with van der Waals surface area (Å²) in [4.78, 5) is 25.3. The second-order valence-corrected chi connectivity index (χ2v) is 7.68. The van der Waals surface area contributed by atoms with Crippen LogP contribution in [0.2, 0.25) is 0 Å². The first-order chi connectivity index (χ1) is 10.3. The summed E-state index contributed by atoms with van der Waals surface area (Å²) in [7, 11) is -1.52. The van der Waals surface area contributed by atoms with Gasteiger partial charge in [-0.15, -0.1) is 0 Å². The van der Waals surface area contributed by atoms with Gasteiger partial charge in [-0.05, 0) is 25.0 Å². The molecule has 1 aromatic rings. The summed E-state index contributed by atoms with van der Waals surface area (Å²) in [5, 5.41) is 0. The molecular weight excluding hydrogens is 306 g/mol. The fourth-order valence-electron chi connectivity index (χ4n) is 2.39. The Morgan fingerprint density at radius 1 is 1.32 bits per heavy atom. The molecular formula is C15H19NO5S. The van der Waals surface area contributed by atoms with E-state index >= 15 is 0 Å². The van der Waals surface area contributed by atoms with Crippen LogP contribution in [0.4, 0.5) is 0 Å². The van der Waals surface area contributed by atoms with Crippen LogP contribution in [0.25, 0.3) is 0 Å². The maximum absolute atomic E-state index is 12.0. The van der Waals surface area contributed by atoms with Crippen molar-refractivity contribution in [3.63, 3.8) is 0 Å². The summed E-state index contributed by atoms with van der Waals surface area (Å²) in [6.07, 6.45) is 0.427. The maximum atomic E-state index is 12.0. The number of benzene rings is 1. The van der Waals surface area contributed by atoms with E-state index in [-0.39, 0.29) is 24.2 Å². The molecule has 0 N–H and O–H groups in total. The number of carbonyl (C=O) groups is 2. The Bertz CT molecular complexity index is 683. The number of hydrogen-bond acceptors (Lipinski definition) is 5. The first kappa shape index (κ1) is 16.5. The minimum Gasteiger partial charge on any atom is -0.452 e. The van der Waals surface area contributed by atoms with Crippen molar-refractivity contribution < 1.29 is 22.7 Å². The Labute approximate surface area is 130 Å². The molecule has 1 amide bonds. The molecule has 1 aliphatic rings. The van der Waals surface area contributed by atoms with Crippen LogP contribution in [0.3, 0.4) is 0 Å². The zero-order valence-electron chi connectivity index (χ0n) is 12.6. The lowest BCUT2D eigenvalue weighted by Crippen LogP contribution is -2.40. The van der Waals surface area contributed by atoms with Crippen molar-refractivity contribution in [3.05, 3.63) is 35.4 Å². The van der Waals surface area contributed by atoms with Gasteiger partial charge in [-0.2, -0.15) is 0 Å². The van der Waals surface area contributed by atoms with E-state index in [1.807, 2.05) is 6.07 Å².